The van der Waals surface area contributed by atoms with Gasteiger partial charge in [0.05, 0.1) is 4.34 Å². The van der Waals surface area contributed by atoms with Gasteiger partial charge < -0.3 is 5.11 Å². The lowest BCUT2D eigenvalue weighted by atomic mass is 10.4. The number of hydrogen-bond acceptors (Lipinski definition) is 2. The molecule has 0 aliphatic rings. The lowest BCUT2D eigenvalue weighted by molar-refractivity contribution is 0.487. The number of aromatic hydroxyl groups is 1. The van der Waals surface area contributed by atoms with E-state index in [1.54, 1.807) is 6.07 Å². The summed E-state index contributed by atoms with van der Waals surface area (Å²) in [5.41, 5.74) is 0.847. The first-order valence-electron chi connectivity index (χ1n) is 2.15. The zero-order valence-electron chi connectivity index (χ0n) is 4.31. The molecule has 1 aromatic rings. The van der Waals surface area contributed by atoms with Crippen LogP contribution >= 0.6 is 22.9 Å². The number of aryl methyl sites for hydroxylation is 1. The minimum atomic E-state index is 0.315. The van der Waals surface area contributed by atoms with Crippen molar-refractivity contribution < 1.29 is 5.11 Å². The third kappa shape index (κ3) is 0.956. The molecule has 1 nitrogen and oxygen atoms in total. The van der Waals surface area contributed by atoms with Crippen molar-refractivity contribution in [1.82, 2.24) is 0 Å². The molecule has 1 N–H and O–H groups in total. The highest BCUT2D eigenvalue weighted by atomic mass is 35.5. The smallest absolute Gasteiger partial charge is 0.175 e. The Hall–Kier alpha value is -0.210. The maximum absolute atomic E-state index is 8.87. The topological polar surface area (TPSA) is 20.2 Å². The molecule has 0 bridgehead atoms. The van der Waals surface area contributed by atoms with Gasteiger partial charge in [-0.3, -0.25) is 0 Å². The Morgan fingerprint density at radius 2 is 2.38 bits per heavy atom. The molecule has 0 amide bonds. The van der Waals surface area contributed by atoms with E-state index in [1.165, 1.54) is 11.3 Å². The molecule has 1 rings (SSSR count). The molecular weight excluding hydrogens is 144 g/mol. The monoisotopic (exact) mass is 148 g/mol. The molecule has 0 aliphatic carbocycles. The van der Waals surface area contributed by atoms with E-state index in [1.807, 2.05) is 6.92 Å². The van der Waals surface area contributed by atoms with Crippen molar-refractivity contribution in [2.75, 3.05) is 0 Å². The first-order valence-corrected chi connectivity index (χ1v) is 3.34. The maximum Gasteiger partial charge on any atom is 0.175 e. The summed E-state index contributed by atoms with van der Waals surface area (Å²) in [7, 11) is 0. The molecule has 0 saturated carbocycles. The standard InChI is InChI=1S/C5H5ClOS/c1-3-2-4(6)8-5(3)7/h2,7H,1H3. The van der Waals surface area contributed by atoms with E-state index in [0.717, 1.165) is 5.56 Å². The second kappa shape index (κ2) is 1.96. The maximum atomic E-state index is 8.87. The SMILES string of the molecule is Cc1cc(Cl)sc1O. The van der Waals surface area contributed by atoms with Crippen LogP contribution in [-0.4, -0.2) is 5.11 Å². The highest BCUT2D eigenvalue weighted by molar-refractivity contribution is 7.17. The second-order valence-corrected chi connectivity index (χ2v) is 3.20. The Labute approximate surface area is 56.5 Å². The van der Waals surface area contributed by atoms with E-state index in [0.29, 0.717) is 9.40 Å². The minimum absolute atomic E-state index is 0.315. The fourth-order valence-corrected chi connectivity index (χ4v) is 1.46. The van der Waals surface area contributed by atoms with Crippen LogP contribution in [0.2, 0.25) is 4.34 Å². The number of halogens is 1. The Balaban J connectivity index is 3.14. The summed E-state index contributed by atoms with van der Waals surface area (Å²) in [6.07, 6.45) is 0. The van der Waals surface area contributed by atoms with Gasteiger partial charge in [-0.05, 0) is 13.0 Å². The molecule has 1 heterocycles. The molecule has 1 aromatic heterocycles. The van der Waals surface area contributed by atoms with Gasteiger partial charge in [-0.2, -0.15) is 0 Å². The Morgan fingerprint density at radius 1 is 1.75 bits per heavy atom. The van der Waals surface area contributed by atoms with Crippen molar-refractivity contribution >= 4 is 22.9 Å². The largest absolute Gasteiger partial charge is 0.499 e. The van der Waals surface area contributed by atoms with Gasteiger partial charge in [0, 0.05) is 5.56 Å². The highest BCUT2D eigenvalue weighted by Crippen LogP contribution is 2.31. The van der Waals surface area contributed by atoms with Crippen molar-refractivity contribution in [3.05, 3.63) is 16.0 Å². The first kappa shape index (κ1) is 5.92. The zero-order chi connectivity index (χ0) is 6.15. The molecule has 0 aliphatic heterocycles. The van der Waals surface area contributed by atoms with Gasteiger partial charge in [0.25, 0.3) is 0 Å². The van der Waals surface area contributed by atoms with E-state index >= 15 is 0 Å². The molecule has 0 atom stereocenters. The van der Waals surface area contributed by atoms with Crippen LogP contribution < -0.4 is 0 Å². The van der Waals surface area contributed by atoms with Gasteiger partial charge in [-0.15, -0.1) is 0 Å². The van der Waals surface area contributed by atoms with Gasteiger partial charge in [0.15, 0.2) is 5.06 Å². The van der Waals surface area contributed by atoms with Crippen LogP contribution in [0, 0.1) is 6.92 Å². The summed E-state index contributed by atoms with van der Waals surface area (Å²) >= 11 is 6.71. The van der Waals surface area contributed by atoms with E-state index in [-0.39, 0.29) is 0 Å². The van der Waals surface area contributed by atoms with Crippen molar-refractivity contribution in [2.24, 2.45) is 0 Å². The predicted octanol–water partition coefficient (Wildman–Crippen LogP) is 2.42. The Bertz CT molecular complexity index is 175. The molecular formula is C5H5ClOS. The van der Waals surface area contributed by atoms with Crippen molar-refractivity contribution in [3.63, 3.8) is 0 Å². The second-order valence-electron chi connectivity index (χ2n) is 1.54. The van der Waals surface area contributed by atoms with E-state index < -0.39 is 0 Å². The average Bonchev–Trinajstić information content (AvgIpc) is 1.85. The average molecular weight is 149 g/mol. The lowest BCUT2D eigenvalue weighted by Gasteiger charge is -1.79. The van der Waals surface area contributed by atoms with E-state index in [2.05, 4.69) is 0 Å². The zero-order valence-corrected chi connectivity index (χ0v) is 5.88. The summed E-state index contributed by atoms with van der Waals surface area (Å²) in [6.45, 7) is 1.82. The summed E-state index contributed by atoms with van der Waals surface area (Å²) in [5.74, 6) is 0. The van der Waals surface area contributed by atoms with Crippen LogP contribution in [-0.2, 0) is 0 Å². The minimum Gasteiger partial charge on any atom is -0.499 e. The lowest BCUT2D eigenvalue weighted by Crippen LogP contribution is -1.56. The molecule has 0 radical (unpaired) electrons. The van der Waals surface area contributed by atoms with Crippen molar-refractivity contribution in [3.8, 4) is 5.06 Å². The van der Waals surface area contributed by atoms with Gasteiger partial charge in [0.2, 0.25) is 0 Å². The van der Waals surface area contributed by atoms with Crippen molar-refractivity contribution in [1.29, 1.82) is 0 Å². The van der Waals surface area contributed by atoms with Crippen LogP contribution in [0.3, 0.4) is 0 Å². The van der Waals surface area contributed by atoms with Crippen LogP contribution in [0.1, 0.15) is 5.56 Å². The first-order chi connectivity index (χ1) is 3.70. The fraction of sp³-hybridized carbons (Fsp3) is 0.200. The summed E-state index contributed by atoms with van der Waals surface area (Å²) in [4.78, 5) is 0. The normalized spacial score (nSPS) is 9.75. The molecule has 3 heteroatoms. The highest BCUT2D eigenvalue weighted by Gasteiger charge is 1.98. The molecule has 0 spiro atoms. The van der Waals surface area contributed by atoms with E-state index in [4.69, 9.17) is 16.7 Å². The number of hydrogen-bond donors (Lipinski definition) is 1. The fourth-order valence-electron chi connectivity index (χ4n) is 0.434. The Morgan fingerprint density at radius 3 is 2.50 bits per heavy atom. The molecule has 8 heavy (non-hydrogen) atoms. The van der Waals surface area contributed by atoms with Crippen LogP contribution in [0.15, 0.2) is 6.07 Å². The van der Waals surface area contributed by atoms with Crippen LogP contribution in [0.25, 0.3) is 0 Å². The number of rotatable bonds is 0. The molecule has 0 fully saturated rings. The summed E-state index contributed by atoms with van der Waals surface area (Å²) in [5, 5.41) is 9.19. The third-order valence-electron chi connectivity index (χ3n) is 0.862. The number of thiophene rings is 1. The molecule has 0 aromatic carbocycles. The third-order valence-corrected chi connectivity index (χ3v) is 2.03. The summed E-state index contributed by atoms with van der Waals surface area (Å²) < 4.78 is 0.639. The predicted molar refractivity (Wildman–Crippen MR) is 35.7 cm³/mol. The molecule has 0 saturated heterocycles. The van der Waals surface area contributed by atoms with Gasteiger partial charge in [0.1, 0.15) is 0 Å². The van der Waals surface area contributed by atoms with E-state index in [9.17, 15) is 0 Å². The van der Waals surface area contributed by atoms with Gasteiger partial charge in [-0.1, -0.05) is 22.9 Å². The molecule has 0 unspecified atom stereocenters. The summed E-state index contributed by atoms with van der Waals surface area (Å²) in [6, 6.07) is 1.74. The quantitative estimate of drug-likeness (QED) is 0.599. The van der Waals surface area contributed by atoms with Gasteiger partial charge in [-0.25, -0.2) is 0 Å². The van der Waals surface area contributed by atoms with Crippen molar-refractivity contribution in [2.45, 2.75) is 6.92 Å². The van der Waals surface area contributed by atoms with Crippen LogP contribution in [0.5, 0.6) is 5.06 Å². The Kier molecular flexibility index (Phi) is 1.45. The van der Waals surface area contributed by atoms with Gasteiger partial charge >= 0.3 is 0 Å². The molecule has 44 valence electrons. The van der Waals surface area contributed by atoms with Crippen LogP contribution in [0.4, 0.5) is 0 Å².